The maximum absolute atomic E-state index is 10.6. The zero-order chi connectivity index (χ0) is 9.35. The van der Waals surface area contributed by atoms with E-state index in [2.05, 4.69) is 6.07 Å². The van der Waals surface area contributed by atoms with E-state index in [0.29, 0.717) is 0 Å². The Labute approximate surface area is 79.7 Å². The zero-order valence-corrected chi connectivity index (χ0v) is 7.91. The summed E-state index contributed by atoms with van der Waals surface area (Å²) < 4.78 is 29.8. The van der Waals surface area contributed by atoms with Gasteiger partial charge in [0.15, 0.2) is 0 Å². The lowest BCUT2D eigenvalue weighted by Crippen LogP contribution is -1.99. The van der Waals surface area contributed by atoms with E-state index in [9.17, 15) is 8.42 Å². The van der Waals surface area contributed by atoms with Gasteiger partial charge in [0.05, 0.1) is 10.0 Å². The molecule has 0 aliphatic rings. The summed E-state index contributed by atoms with van der Waals surface area (Å²) in [5.41, 5.74) is 0. The lowest BCUT2D eigenvalue weighted by Gasteiger charge is -1.99. The van der Waals surface area contributed by atoms with Crippen molar-refractivity contribution in [3.05, 3.63) is 28.2 Å². The molecule has 1 radical (unpaired) electrons. The molecule has 1 aromatic carbocycles. The summed E-state index contributed by atoms with van der Waals surface area (Å²) in [6, 6.07) is 4.90. The molecule has 0 heterocycles. The van der Waals surface area contributed by atoms with Crippen LogP contribution in [0.15, 0.2) is 17.0 Å². The van der Waals surface area contributed by atoms with Crippen LogP contribution in [0.3, 0.4) is 0 Å². The SMILES string of the molecule is O=S(=O)(O)c1[c]ccc(Cl)c1Cl. The van der Waals surface area contributed by atoms with Crippen molar-refractivity contribution in [2.45, 2.75) is 4.90 Å². The fraction of sp³-hybridized carbons (Fsp3) is 0. The molecule has 0 saturated heterocycles. The molecule has 1 N–H and O–H groups in total. The van der Waals surface area contributed by atoms with Crippen LogP contribution >= 0.6 is 23.2 Å². The van der Waals surface area contributed by atoms with Gasteiger partial charge in [-0.1, -0.05) is 29.3 Å². The Kier molecular flexibility index (Phi) is 2.63. The highest BCUT2D eigenvalue weighted by Gasteiger charge is 2.15. The zero-order valence-electron chi connectivity index (χ0n) is 5.58. The summed E-state index contributed by atoms with van der Waals surface area (Å²) in [6.45, 7) is 0. The van der Waals surface area contributed by atoms with Crippen LogP contribution in [-0.2, 0) is 10.1 Å². The van der Waals surface area contributed by atoms with Crippen molar-refractivity contribution in [1.29, 1.82) is 0 Å². The van der Waals surface area contributed by atoms with Crippen molar-refractivity contribution in [2.24, 2.45) is 0 Å². The number of halogens is 2. The first-order valence-electron chi connectivity index (χ1n) is 2.76. The van der Waals surface area contributed by atoms with Gasteiger partial charge in [0, 0.05) is 6.07 Å². The van der Waals surface area contributed by atoms with Crippen LogP contribution in [0.1, 0.15) is 0 Å². The molecule has 0 amide bonds. The highest BCUT2D eigenvalue weighted by molar-refractivity contribution is 7.86. The second kappa shape index (κ2) is 3.22. The molecule has 0 spiro atoms. The van der Waals surface area contributed by atoms with Gasteiger partial charge in [-0.05, 0) is 6.07 Å². The summed E-state index contributed by atoms with van der Waals surface area (Å²) in [5.74, 6) is 0. The van der Waals surface area contributed by atoms with Crippen LogP contribution in [-0.4, -0.2) is 13.0 Å². The van der Waals surface area contributed by atoms with Gasteiger partial charge in [0.1, 0.15) is 4.90 Å². The van der Waals surface area contributed by atoms with Crippen molar-refractivity contribution < 1.29 is 13.0 Å². The first-order valence-corrected chi connectivity index (χ1v) is 4.95. The molecule has 0 aromatic heterocycles. The van der Waals surface area contributed by atoms with Crippen LogP contribution < -0.4 is 0 Å². The molecule has 0 saturated carbocycles. The number of hydrogen-bond donors (Lipinski definition) is 1. The van der Waals surface area contributed by atoms with Crippen molar-refractivity contribution >= 4 is 33.3 Å². The fourth-order valence-corrected chi connectivity index (χ4v) is 1.80. The molecule has 0 atom stereocenters. The molecular weight excluding hydrogens is 223 g/mol. The highest BCUT2D eigenvalue weighted by Crippen LogP contribution is 2.27. The van der Waals surface area contributed by atoms with Gasteiger partial charge >= 0.3 is 0 Å². The monoisotopic (exact) mass is 225 g/mol. The van der Waals surface area contributed by atoms with Crippen LogP contribution in [0, 0.1) is 6.07 Å². The lowest BCUT2D eigenvalue weighted by atomic mass is 10.4. The van der Waals surface area contributed by atoms with Gasteiger partial charge in [-0.15, -0.1) is 0 Å². The standard InChI is InChI=1S/C6H3Cl2O3S/c7-4-2-1-3-5(6(4)8)12(9,10)11/h1-2H,(H,9,10,11). The van der Waals surface area contributed by atoms with Gasteiger partial charge in [-0.3, -0.25) is 4.55 Å². The predicted octanol–water partition coefficient (Wildman–Crippen LogP) is 2.04. The molecule has 0 fully saturated rings. The summed E-state index contributed by atoms with van der Waals surface area (Å²) in [7, 11) is -4.33. The fourth-order valence-electron chi connectivity index (χ4n) is 0.623. The average molecular weight is 226 g/mol. The Morgan fingerprint density at radius 3 is 2.42 bits per heavy atom. The second-order valence-corrected chi connectivity index (χ2v) is 4.09. The molecule has 12 heavy (non-hydrogen) atoms. The Morgan fingerprint density at radius 2 is 2.00 bits per heavy atom. The number of benzene rings is 1. The van der Waals surface area contributed by atoms with E-state index in [4.69, 9.17) is 27.8 Å². The maximum Gasteiger partial charge on any atom is 0.296 e. The van der Waals surface area contributed by atoms with Crippen LogP contribution in [0.4, 0.5) is 0 Å². The Bertz CT molecular complexity index is 399. The largest absolute Gasteiger partial charge is 0.296 e. The molecule has 0 unspecified atom stereocenters. The summed E-state index contributed by atoms with van der Waals surface area (Å²) in [6.07, 6.45) is 0. The molecule has 1 aromatic rings. The summed E-state index contributed by atoms with van der Waals surface area (Å²) >= 11 is 11.0. The van der Waals surface area contributed by atoms with Crippen molar-refractivity contribution in [3.63, 3.8) is 0 Å². The average Bonchev–Trinajstić information content (AvgIpc) is 1.92. The maximum atomic E-state index is 10.6. The van der Waals surface area contributed by atoms with Gasteiger partial charge in [0.2, 0.25) is 0 Å². The third-order valence-corrected chi connectivity index (χ3v) is 2.87. The van der Waals surface area contributed by atoms with Gasteiger partial charge < -0.3 is 0 Å². The van der Waals surface area contributed by atoms with E-state index in [1.165, 1.54) is 12.1 Å². The third kappa shape index (κ3) is 1.90. The normalized spacial score (nSPS) is 11.6. The first-order chi connectivity index (χ1) is 5.43. The molecule has 0 bridgehead atoms. The predicted molar refractivity (Wildman–Crippen MR) is 45.1 cm³/mol. The Hall–Kier alpha value is -0.290. The molecule has 0 aliphatic heterocycles. The lowest BCUT2D eigenvalue weighted by molar-refractivity contribution is 0.483. The number of hydrogen-bond acceptors (Lipinski definition) is 2. The summed E-state index contributed by atoms with van der Waals surface area (Å²) in [4.78, 5) is -0.503. The van der Waals surface area contributed by atoms with Crippen molar-refractivity contribution in [2.75, 3.05) is 0 Å². The third-order valence-electron chi connectivity index (χ3n) is 1.11. The molecular formula is C6H3Cl2O3S. The minimum Gasteiger partial charge on any atom is -0.282 e. The van der Waals surface area contributed by atoms with Crippen LogP contribution in [0.2, 0.25) is 10.0 Å². The second-order valence-electron chi connectivity index (χ2n) is 1.94. The van der Waals surface area contributed by atoms with Crippen LogP contribution in [0.5, 0.6) is 0 Å². The topological polar surface area (TPSA) is 54.4 Å². The molecule has 3 nitrogen and oxygen atoms in total. The molecule has 65 valence electrons. The Morgan fingerprint density at radius 1 is 1.42 bits per heavy atom. The minimum absolute atomic E-state index is 0.0584. The number of rotatable bonds is 1. The first kappa shape index (κ1) is 9.80. The summed E-state index contributed by atoms with van der Waals surface area (Å²) in [5, 5.41) is -0.162. The Balaban J connectivity index is 3.47. The van der Waals surface area contributed by atoms with E-state index >= 15 is 0 Å². The van der Waals surface area contributed by atoms with Crippen LogP contribution in [0.25, 0.3) is 0 Å². The quantitative estimate of drug-likeness (QED) is 0.745. The smallest absolute Gasteiger partial charge is 0.282 e. The van der Waals surface area contributed by atoms with Gasteiger partial charge in [0.25, 0.3) is 10.1 Å². The van der Waals surface area contributed by atoms with Gasteiger partial charge in [-0.2, -0.15) is 8.42 Å². The van der Waals surface area contributed by atoms with Gasteiger partial charge in [-0.25, -0.2) is 0 Å². The van der Waals surface area contributed by atoms with Crippen molar-refractivity contribution in [3.8, 4) is 0 Å². The van der Waals surface area contributed by atoms with Crippen molar-refractivity contribution in [1.82, 2.24) is 0 Å². The molecule has 6 heteroatoms. The molecule has 0 aliphatic carbocycles. The molecule has 1 rings (SSSR count). The van der Waals surface area contributed by atoms with E-state index < -0.39 is 15.0 Å². The van der Waals surface area contributed by atoms with E-state index in [0.717, 1.165) is 0 Å². The van der Waals surface area contributed by atoms with E-state index in [-0.39, 0.29) is 10.0 Å². The minimum atomic E-state index is -4.33. The highest BCUT2D eigenvalue weighted by atomic mass is 35.5. The van der Waals surface area contributed by atoms with E-state index in [1.807, 2.05) is 0 Å². The van der Waals surface area contributed by atoms with E-state index in [1.54, 1.807) is 0 Å².